The van der Waals surface area contributed by atoms with E-state index in [0.29, 0.717) is 25.3 Å². The molecule has 0 radical (unpaired) electrons. The molecule has 4 nitrogen and oxygen atoms in total. The SMILES string of the molecule is CCc1ccc(C(=O)N(CC)CCCO)o1. The first-order chi connectivity index (χ1) is 7.72. The number of nitrogens with zero attached hydrogens (tertiary/aromatic N) is 1. The molecule has 0 aromatic carbocycles. The lowest BCUT2D eigenvalue weighted by atomic mass is 10.3. The first-order valence-corrected chi connectivity index (χ1v) is 5.71. The molecule has 0 spiro atoms. The molecule has 0 unspecified atom stereocenters. The van der Waals surface area contributed by atoms with Crippen molar-refractivity contribution in [1.29, 1.82) is 0 Å². The van der Waals surface area contributed by atoms with Crippen molar-refractivity contribution in [3.63, 3.8) is 0 Å². The van der Waals surface area contributed by atoms with E-state index in [1.807, 2.05) is 19.9 Å². The maximum Gasteiger partial charge on any atom is 0.289 e. The number of aryl methyl sites for hydroxylation is 1. The van der Waals surface area contributed by atoms with Gasteiger partial charge in [0.05, 0.1) is 0 Å². The highest BCUT2D eigenvalue weighted by Gasteiger charge is 2.17. The molecule has 1 rings (SSSR count). The molecule has 1 N–H and O–H groups in total. The highest BCUT2D eigenvalue weighted by atomic mass is 16.4. The molecular formula is C12H19NO3. The number of aliphatic hydroxyl groups is 1. The van der Waals surface area contributed by atoms with Gasteiger partial charge in [-0.15, -0.1) is 0 Å². The van der Waals surface area contributed by atoms with Crippen LogP contribution >= 0.6 is 0 Å². The highest BCUT2D eigenvalue weighted by molar-refractivity contribution is 5.91. The van der Waals surface area contributed by atoms with Gasteiger partial charge in [0.2, 0.25) is 0 Å². The molecule has 1 amide bonds. The number of hydrogen-bond donors (Lipinski definition) is 1. The summed E-state index contributed by atoms with van der Waals surface area (Å²) >= 11 is 0. The van der Waals surface area contributed by atoms with Crippen molar-refractivity contribution in [3.05, 3.63) is 23.7 Å². The third-order valence-electron chi connectivity index (χ3n) is 2.48. The summed E-state index contributed by atoms with van der Waals surface area (Å²) in [5.74, 6) is 1.11. The molecule has 0 aliphatic carbocycles. The molecule has 0 fully saturated rings. The lowest BCUT2D eigenvalue weighted by Crippen LogP contribution is -2.31. The third kappa shape index (κ3) is 3.10. The van der Waals surface area contributed by atoms with Crippen molar-refractivity contribution in [1.82, 2.24) is 4.90 Å². The molecule has 0 aliphatic rings. The van der Waals surface area contributed by atoms with Gasteiger partial charge in [-0.05, 0) is 25.5 Å². The van der Waals surface area contributed by atoms with Crippen molar-refractivity contribution in [3.8, 4) is 0 Å². The summed E-state index contributed by atoms with van der Waals surface area (Å²) in [5, 5.41) is 8.74. The minimum atomic E-state index is -0.101. The zero-order chi connectivity index (χ0) is 12.0. The van der Waals surface area contributed by atoms with Crippen LogP contribution in [0.5, 0.6) is 0 Å². The van der Waals surface area contributed by atoms with Gasteiger partial charge in [0.25, 0.3) is 5.91 Å². The van der Waals surface area contributed by atoms with Crippen LogP contribution in [0.25, 0.3) is 0 Å². The van der Waals surface area contributed by atoms with E-state index in [1.54, 1.807) is 11.0 Å². The van der Waals surface area contributed by atoms with Crippen LogP contribution in [0.2, 0.25) is 0 Å². The number of rotatable bonds is 6. The zero-order valence-corrected chi connectivity index (χ0v) is 9.90. The predicted molar refractivity (Wildman–Crippen MR) is 61.4 cm³/mol. The summed E-state index contributed by atoms with van der Waals surface area (Å²) in [6.45, 7) is 5.19. The maximum atomic E-state index is 12.0. The number of carbonyl (C=O) groups excluding carboxylic acids is 1. The Labute approximate surface area is 95.9 Å². The van der Waals surface area contributed by atoms with Crippen LogP contribution in [0, 0.1) is 0 Å². The average molecular weight is 225 g/mol. The Morgan fingerprint density at radius 2 is 2.19 bits per heavy atom. The van der Waals surface area contributed by atoms with E-state index in [2.05, 4.69) is 0 Å². The van der Waals surface area contributed by atoms with Crippen molar-refractivity contribution in [2.75, 3.05) is 19.7 Å². The first-order valence-electron chi connectivity index (χ1n) is 5.71. The van der Waals surface area contributed by atoms with Crippen LogP contribution in [0.4, 0.5) is 0 Å². The van der Waals surface area contributed by atoms with Gasteiger partial charge in [-0.2, -0.15) is 0 Å². The van der Waals surface area contributed by atoms with Gasteiger partial charge in [0.15, 0.2) is 5.76 Å². The Bertz CT molecular complexity index is 333. The van der Waals surface area contributed by atoms with Crippen LogP contribution in [0.3, 0.4) is 0 Å². The number of carbonyl (C=O) groups is 1. The second kappa shape index (κ2) is 6.33. The van der Waals surface area contributed by atoms with E-state index >= 15 is 0 Å². The number of aliphatic hydroxyl groups excluding tert-OH is 1. The summed E-state index contributed by atoms with van der Waals surface area (Å²) in [7, 11) is 0. The first kappa shape index (κ1) is 12.8. The smallest absolute Gasteiger partial charge is 0.289 e. The molecule has 1 heterocycles. The summed E-state index contributed by atoms with van der Waals surface area (Å²) in [6, 6.07) is 3.54. The Hall–Kier alpha value is -1.29. The molecule has 0 saturated heterocycles. The monoisotopic (exact) mass is 225 g/mol. The largest absolute Gasteiger partial charge is 0.456 e. The number of amides is 1. The molecule has 0 saturated carbocycles. The van der Waals surface area contributed by atoms with E-state index in [9.17, 15) is 4.79 Å². The molecule has 1 aromatic rings. The summed E-state index contributed by atoms with van der Waals surface area (Å²) in [4.78, 5) is 13.6. The lowest BCUT2D eigenvalue weighted by Gasteiger charge is -2.18. The lowest BCUT2D eigenvalue weighted by molar-refractivity contribution is 0.0720. The van der Waals surface area contributed by atoms with E-state index in [0.717, 1.165) is 12.2 Å². The molecule has 4 heteroatoms. The normalized spacial score (nSPS) is 10.4. The second-order valence-electron chi connectivity index (χ2n) is 3.58. The average Bonchev–Trinajstić information content (AvgIpc) is 2.78. The van der Waals surface area contributed by atoms with Crippen LogP contribution in [0.1, 0.15) is 36.6 Å². The molecular weight excluding hydrogens is 206 g/mol. The van der Waals surface area contributed by atoms with E-state index in [-0.39, 0.29) is 12.5 Å². The van der Waals surface area contributed by atoms with Crippen molar-refractivity contribution >= 4 is 5.91 Å². The molecule has 0 bridgehead atoms. The van der Waals surface area contributed by atoms with Gasteiger partial charge in [-0.3, -0.25) is 4.79 Å². The third-order valence-corrected chi connectivity index (χ3v) is 2.48. The van der Waals surface area contributed by atoms with Crippen LogP contribution < -0.4 is 0 Å². The molecule has 0 atom stereocenters. The molecule has 90 valence electrons. The summed E-state index contributed by atoms with van der Waals surface area (Å²) < 4.78 is 5.40. The van der Waals surface area contributed by atoms with Gasteiger partial charge >= 0.3 is 0 Å². The fourth-order valence-electron chi connectivity index (χ4n) is 1.50. The quantitative estimate of drug-likeness (QED) is 0.801. The number of furan rings is 1. The van der Waals surface area contributed by atoms with Crippen LogP contribution in [-0.4, -0.2) is 35.6 Å². The number of hydrogen-bond acceptors (Lipinski definition) is 3. The van der Waals surface area contributed by atoms with Crippen molar-refractivity contribution in [2.45, 2.75) is 26.7 Å². The fourth-order valence-corrected chi connectivity index (χ4v) is 1.50. The minimum absolute atomic E-state index is 0.0993. The van der Waals surface area contributed by atoms with Gasteiger partial charge in [0, 0.05) is 26.1 Å². The zero-order valence-electron chi connectivity index (χ0n) is 9.90. The highest BCUT2D eigenvalue weighted by Crippen LogP contribution is 2.11. The summed E-state index contributed by atoms with van der Waals surface area (Å²) in [5.41, 5.74) is 0. The predicted octanol–water partition coefficient (Wildman–Crippen LogP) is 1.69. The Morgan fingerprint density at radius 3 is 2.69 bits per heavy atom. The van der Waals surface area contributed by atoms with Crippen molar-refractivity contribution < 1.29 is 14.3 Å². The Kier molecular flexibility index (Phi) is 5.05. The van der Waals surface area contributed by atoms with Gasteiger partial charge in [-0.25, -0.2) is 0 Å². The van der Waals surface area contributed by atoms with Crippen molar-refractivity contribution in [2.24, 2.45) is 0 Å². The topological polar surface area (TPSA) is 53.7 Å². The van der Waals surface area contributed by atoms with E-state index < -0.39 is 0 Å². The van der Waals surface area contributed by atoms with Gasteiger partial charge < -0.3 is 14.4 Å². The Morgan fingerprint density at radius 1 is 1.44 bits per heavy atom. The van der Waals surface area contributed by atoms with Crippen LogP contribution in [-0.2, 0) is 6.42 Å². The summed E-state index contributed by atoms with van der Waals surface area (Å²) in [6.07, 6.45) is 1.39. The Balaban J connectivity index is 2.66. The van der Waals surface area contributed by atoms with E-state index in [1.165, 1.54) is 0 Å². The van der Waals surface area contributed by atoms with E-state index in [4.69, 9.17) is 9.52 Å². The standard InChI is InChI=1S/C12H19NO3/c1-3-10-6-7-11(16-10)12(15)13(4-2)8-5-9-14/h6-7,14H,3-5,8-9H2,1-2H3. The van der Waals surface area contributed by atoms with Gasteiger partial charge in [-0.1, -0.05) is 6.92 Å². The second-order valence-corrected chi connectivity index (χ2v) is 3.58. The molecule has 0 aliphatic heterocycles. The van der Waals surface area contributed by atoms with Crippen LogP contribution in [0.15, 0.2) is 16.5 Å². The maximum absolute atomic E-state index is 12.0. The molecule has 16 heavy (non-hydrogen) atoms. The fraction of sp³-hybridized carbons (Fsp3) is 0.583. The van der Waals surface area contributed by atoms with Gasteiger partial charge in [0.1, 0.15) is 5.76 Å². The minimum Gasteiger partial charge on any atom is -0.456 e. The molecule has 1 aromatic heterocycles.